The number of phosphoric acid groups is 1. The van der Waals surface area contributed by atoms with Gasteiger partial charge in [0, 0.05) is 11.5 Å². The molecule has 0 fully saturated rings. The summed E-state index contributed by atoms with van der Waals surface area (Å²) in [6, 6.07) is 12.7. The highest BCUT2D eigenvalue weighted by Gasteiger charge is 2.18. The van der Waals surface area contributed by atoms with E-state index in [9.17, 15) is 9.36 Å². The zero-order chi connectivity index (χ0) is 17.6. The molecule has 0 saturated carbocycles. The van der Waals surface area contributed by atoms with Crippen LogP contribution in [0.3, 0.4) is 0 Å². The summed E-state index contributed by atoms with van der Waals surface area (Å²) in [7, 11) is -4.70. The molecular weight excluding hydrogens is 349 g/mol. The Morgan fingerprint density at radius 1 is 1.00 bits per heavy atom. The number of hydrogen-bond acceptors (Lipinski definition) is 6. The summed E-state index contributed by atoms with van der Waals surface area (Å²) in [4.78, 5) is 34.2. The molecule has 0 amide bonds. The third-order valence-electron chi connectivity index (χ3n) is 3.46. The second kappa shape index (κ2) is 5.56. The average Bonchev–Trinajstić information content (AvgIpc) is 2.96. The molecule has 8 nitrogen and oxygen atoms in total. The van der Waals surface area contributed by atoms with E-state index in [0.717, 1.165) is 0 Å². The number of rotatable bonds is 3. The Labute approximate surface area is 139 Å². The Kier molecular flexibility index (Phi) is 3.47. The zero-order valence-electron chi connectivity index (χ0n) is 12.4. The van der Waals surface area contributed by atoms with E-state index in [0.29, 0.717) is 16.5 Å². The van der Waals surface area contributed by atoms with E-state index in [2.05, 4.69) is 9.51 Å². The van der Waals surface area contributed by atoms with Gasteiger partial charge in [-0.2, -0.15) is 0 Å². The molecule has 9 heteroatoms. The standard InChI is InChI=1S/C16H10NO7P/c18-16-11(15-17-12-3-1-2-4-13(12)22-15)7-9-5-6-10(8-14(9)23-16)24-25(19,20)21/h1-8H,(H2,19,20,21). The first-order chi connectivity index (χ1) is 11.9. The first kappa shape index (κ1) is 15.6. The van der Waals surface area contributed by atoms with Crippen molar-refractivity contribution in [1.29, 1.82) is 0 Å². The maximum absolute atomic E-state index is 12.2. The predicted octanol–water partition coefficient (Wildman–Crippen LogP) is 3.07. The molecule has 126 valence electrons. The lowest BCUT2D eigenvalue weighted by molar-refractivity contribution is 0.283. The molecule has 2 heterocycles. The third kappa shape index (κ3) is 3.06. The van der Waals surface area contributed by atoms with E-state index in [1.54, 1.807) is 24.3 Å². The molecule has 0 unspecified atom stereocenters. The van der Waals surface area contributed by atoms with Gasteiger partial charge >= 0.3 is 13.4 Å². The Bertz CT molecular complexity index is 1170. The van der Waals surface area contributed by atoms with Gasteiger partial charge in [0.2, 0.25) is 5.89 Å². The number of phosphoric ester groups is 1. The van der Waals surface area contributed by atoms with E-state index >= 15 is 0 Å². The average molecular weight is 359 g/mol. The zero-order valence-corrected chi connectivity index (χ0v) is 13.3. The van der Waals surface area contributed by atoms with Gasteiger partial charge in [-0.3, -0.25) is 9.79 Å². The van der Waals surface area contributed by atoms with Gasteiger partial charge in [-0.15, -0.1) is 0 Å². The van der Waals surface area contributed by atoms with Gasteiger partial charge < -0.3 is 13.4 Å². The molecule has 2 N–H and O–H groups in total. The molecule has 0 saturated heterocycles. The summed E-state index contributed by atoms with van der Waals surface area (Å²) in [5.41, 5.74) is 0.736. The van der Waals surface area contributed by atoms with Crippen LogP contribution in [0, 0.1) is 0 Å². The molecule has 2 aromatic carbocycles. The molecule has 0 radical (unpaired) electrons. The number of aromatic nitrogens is 1. The molecule has 4 rings (SSSR count). The molecule has 0 aliphatic heterocycles. The molecule has 4 aromatic rings. The highest BCUT2D eigenvalue weighted by molar-refractivity contribution is 7.46. The SMILES string of the molecule is O=c1oc2cc(OP(=O)(O)O)ccc2cc1-c1nc2ccccc2o1. The van der Waals surface area contributed by atoms with Crippen molar-refractivity contribution in [3.05, 3.63) is 59.0 Å². The number of fused-ring (bicyclic) bond motifs is 2. The molecular formula is C16H10NO7P. The lowest BCUT2D eigenvalue weighted by Gasteiger charge is -2.07. The van der Waals surface area contributed by atoms with Crippen LogP contribution in [-0.2, 0) is 4.57 Å². The number of benzene rings is 2. The van der Waals surface area contributed by atoms with E-state index in [4.69, 9.17) is 18.6 Å². The third-order valence-corrected chi connectivity index (χ3v) is 3.90. The van der Waals surface area contributed by atoms with Gasteiger partial charge in [-0.25, -0.2) is 14.3 Å². The van der Waals surface area contributed by atoms with Crippen LogP contribution in [0.25, 0.3) is 33.5 Å². The van der Waals surface area contributed by atoms with Crippen molar-refractivity contribution < 1.29 is 27.7 Å². The summed E-state index contributed by atoms with van der Waals surface area (Å²) >= 11 is 0. The molecule has 2 aromatic heterocycles. The fourth-order valence-corrected chi connectivity index (χ4v) is 2.81. The maximum Gasteiger partial charge on any atom is 0.524 e. The smallest absolute Gasteiger partial charge is 0.436 e. The quantitative estimate of drug-likeness (QED) is 0.423. The summed E-state index contributed by atoms with van der Waals surface area (Å²) in [6.45, 7) is 0. The fourth-order valence-electron chi connectivity index (χ4n) is 2.42. The summed E-state index contributed by atoms with van der Waals surface area (Å²) in [6.07, 6.45) is 0. The second-order valence-corrected chi connectivity index (χ2v) is 6.38. The van der Waals surface area contributed by atoms with Crippen molar-refractivity contribution in [2.24, 2.45) is 0 Å². The molecule has 0 aliphatic rings. The first-order valence-corrected chi connectivity index (χ1v) is 8.61. The molecule has 25 heavy (non-hydrogen) atoms. The van der Waals surface area contributed by atoms with Crippen LogP contribution in [0.5, 0.6) is 5.75 Å². The Morgan fingerprint density at radius 2 is 1.80 bits per heavy atom. The molecule has 0 atom stereocenters. The Balaban J connectivity index is 1.83. The number of nitrogens with zero attached hydrogens (tertiary/aromatic N) is 1. The highest BCUT2D eigenvalue weighted by Crippen LogP contribution is 2.38. The topological polar surface area (TPSA) is 123 Å². The summed E-state index contributed by atoms with van der Waals surface area (Å²) < 4.78 is 26.1. The van der Waals surface area contributed by atoms with Crippen LogP contribution in [-0.4, -0.2) is 14.8 Å². The molecule has 0 spiro atoms. The van der Waals surface area contributed by atoms with Crippen molar-refractivity contribution in [2.45, 2.75) is 0 Å². The summed E-state index contributed by atoms with van der Waals surface area (Å²) in [5.74, 6) is 0.0194. The monoisotopic (exact) mass is 359 g/mol. The van der Waals surface area contributed by atoms with Crippen molar-refractivity contribution >= 4 is 29.9 Å². The van der Waals surface area contributed by atoms with Crippen LogP contribution in [0.1, 0.15) is 0 Å². The van der Waals surface area contributed by atoms with Crippen LogP contribution in [0.15, 0.2) is 62.2 Å². The summed E-state index contributed by atoms with van der Waals surface area (Å²) in [5, 5.41) is 0.523. The van der Waals surface area contributed by atoms with Crippen LogP contribution in [0.2, 0.25) is 0 Å². The minimum atomic E-state index is -4.70. The van der Waals surface area contributed by atoms with E-state index in [1.807, 2.05) is 0 Å². The van der Waals surface area contributed by atoms with Crippen molar-refractivity contribution in [2.75, 3.05) is 0 Å². The van der Waals surface area contributed by atoms with Crippen molar-refractivity contribution in [3.63, 3.8) is 0 Å². The maximum atomic E-state index is 12.2. The van der Waals surface area contributed by atoms with Crippen LogP contribution >= 0.6 is 7.82 Å². The van der Waals surface area contributed by atoms with Crippen molar-refractivity contribution in [3.8, 4) is 17.2 Å². The largest absolute Gasteiger partial charge is 0.524 e. The van der Waals surface area contributed by atoms with Gasteiger partial charge in [0.05, 0.1) is 0 Å². The van der Waals surface area contributed by atoms with Gasteiger partial charge in [-0.05, 0) is 30.3 Å². The minimum Gasteiger partial charge on any atom is -0.436 e. The van der Waals surface area contributed by atoms with Gasteiger partial charge in [0.1, 0.15) is 22.4 Å². The fraction of sp³-hybridized carbons (Fsp3) is 0. The van der Waals surface area contributed by atoms with E-state index < -0.39 is 13.4 Å². The van der Waals surface area contributed by atoms with E-state index in [1.165, 1.54) is 24.3 Å². The highest BCUT2D eigenvalue weighted by atomic mass is 31.2. The lowest BCUT2D eigenvalue weighted by Crippen LogP contribution is -2.03. The number of oxazole rings is 1. The van der Waals surface area contributed by atoms with Crippen LogP contribution in [0.4, 0.5) is 0 Å². The normalized spacial score (nSPS) is 11.9. The lowest BCUT2D eigenvalue weighted by atomic mass is 10.2. The van der Waals surface area contributed by atoms with Gasteiger partial charge in [-0.1, -0.05) is 12.1 Å². The molecule has 0 aliphatic carbocycles. The first-order valence-electron chi connectivity index (χ1n) is 7.08. The number of hydrogen-bond donors (Lipinski definition) is 2. The van der Waals surface area contributed by atoms with Crippen LogP contribution < -0.4 is 10.1 Å². The van der Waals surface area contributed by atoms with Gasteiger partial charge in [0.15, 0.2) is 5.58 Å². The molecule has 0 bridgehead atoms. The second-order valence-electron chi connectivity index (χ2n) is 5.22. The van der Waals surface area contributed by atoms with Crippen molar-refractivity contribution in [1.82, 2.24) is 4.98 Å². The minimum absolute atomic E-state index is 0.112. The number of para-hydroxylation sites is 2. The Hall–Kier alpha value is -2.93. The van der Waals surface area contributed by atoms with E-state index in [-0.39, 0.29) is 22.8 Å². The predicted molar refractivity (Wildman–Crippen MR) is 88.2 cm³/mol. The Morgan fingerprint density at radius 3 is 2.56 bits per heavy atom. The van der Waals surface area contributed by atoms with Gasteiger partial charge in [0.25, 0.3) is 0 Å².